The van der Waals surface area contributed by atoms with E-state index in [1.54, 1.807) is 0 Å². The molecule has 0 bridgehead atoms. The van der Waals surface area contributed by atoms with Crippen LogP contribution in [-0.4, -0.2) is 13.1 Å². The predicted octanol–water partition coefficient (Wildman–Crippen LogP) is 2.03. The van der Waals surface area contributed by atoms with Gasteiger partial charge in [0.05, 0.1) is 0 Å². The van der Waals surface area contributed by atoms with E-state index >= 15 is 0 Å². The second-order valence-corrected chi connectivity index (χ2v) is 4.26. The Morgan fingerprint density at radius 3 is 2.82 bits per heavy atom. The minimum Gasteiger partial charge on any atom is -0.316 e. The maximum absolute atomic E-state index is 3.50. The minimum atomic E-state index is 1.04. The number of hydrogen-bond donors (Lipinski definition) is 1. The van der Waals surface area contributed by atoms with Gasteiger partial charge in [0.25, 0.3) is 0 Å². The summed E-state index contributed by atoms with van der Waals surface area (Å²) < 4.78 is 0. The van der Waals surface area contributed by atoms with Crippen molar-refractivity contribution in [1.29, 1.82) is 0 Å². The Balaban J connectivity index is 1.92. The van der Waals surface area contributed by atoms with Crippen LogP contribution in [0.25, 0.3) is 0 Å². The van der Waals surface area contributed by atoms with E-state index in [2.05, 4.69) is 12.2 Å². The SMILES string of the molecule is CCC1CC2CCNCC2C1. The molecule has 3 atom stereocenters. The lowest BCUT2D eigenvalue weighted by Gasteiger charge is -2.25. The minimum absolute atomic E-state index is 1.04. The van der Waals surface area contributed by atoms with Gasteiger partial charge in [-0.15, -0.1) is 0 Å². The van der Waals surface area contributed by atoms with Crippen molar-refractivity contribution >= 4 is 0 Å². The molecule has 1 saturated heterocycles. The molecule has 2 fully saturated rings. The first-order valence-electron chi connectivity index (χ1n) is 5.11. The topological polar surface area (TPSA) is 12.0 Å². The van der Waals surface area contributed by atoms with Gasteiger partial charge in [0.2, 0.25) is 0 Å². The fourth-order valence-electron chi connectivity index (χ4n) is 2.85. The molecule has 1 heterocycles. The number of nitrogens with one attached hydrogen (secondary N) is 1. The third kappa shape index (κ3) is 1.44. The van der Waals surface area contributed by atoms with Gasteiger partial charge in [0, 0.05) is 0 Å². The summed E-state index contributed by atoms with van der Waals surface area (Å²) in [5, 5.41) is 3.50. The molecule has 1 aliphatic heterocycles. The van der Waals surface area contributed by atoms with E-state index in [9.17, 15) is 0 Å². The van der Waals surface area contributed by atoms with Crippen LogP contribution < -0.4 is 5.32 Å². The monoisotopic (exact) mass is 153 g/mol. The smallest absolute Gasteiger partial charge is 0.00178 e. The molecule has 0 aromatic carbocycles. The van der Waals surface area contributed by atoms with Crippen LogP contribution in [0.4, 0.5) is 0 Å². The molecule has 64 valence electrons. The average Bonchev–Trinajstić information content (AvgIpc) is 2.46. The van der Waals surface area contributed by atoms with E-state index in [1.807, 2.05) is 0 Å². The van der Waals surface area contributed by atoms with Crippen molar-refractivity contribution in [2.75, 3.05) is 13.1 Å². The third-order valence-electron chi connectivity index (χ3n) is 3.61. The number of fused-ring (bicyclic) bond motifs is 1. The molecular formula is C10H19N. The standard InChI is InChI=1S/C10H19N/c1-2-8-5-9-3-4-11-7-10(9)6-8/h8-11H,2-7H2,1H3. The van der Waals surface area contributed by atoms with Crippen molar-refractivity contribution in [3.8, 4) is 0 Å². The molecule has 0 spiro atoms. The number of rotatable bonds is 1. The van der Waals surface area contributed by atoms with Crippen LogP contribution in [0.15, 0.2) is 0 Å². The quantitative estimate of drug-likeness (QED) is 0.608. The fourth-order valence-corrected chi connectivity index (χ4v) is 2.85. The molecule has 1 heteroatoms. The van der Waals surface area contributed by atoms with E-state index in [4.69, 9.17) is 0 Å². The first kappa shape index (κ1) is 7.60. The highest BCUT2D eigenvalue weighted by Gasteiger charge is 2.34. The molecular weight excluding hydrogens is 134 g/mol. The lowest BCUT2D eigenvalue weighted by Crippen LogP contribution is -2.33. The van der Waals surface area contributed by atoms with Gasteiger partial charge in [0.1, 0.15) is 0 Å². The highest BCUT2D eigenvalue weighted by Crippen LogP contribution is 2.40. The fraction of sp³-hybridized carbons (Fsp3) is 1.00. The van der Waals surface area contributed by atoms with E-state index in [0.29, 0.717) is 0 Å². The lowest BCUT2D eigenvalue weighted by molar-refractivity contribution is 0.295. The summed E-state index contributed by atoms with van der Waals surface area (Å²) in [7, 11) is 0. The molecule has 0 amide bonds. The maximum Gasteiger partial charge on any atom is -0.00178 e. The zero-order chi connectivity index (χ0) is 7.68. The Hall–Kier alpha value is -0.0400. The highest BCUT2D eigenvalue weighted by atomic mass is 14.9. The van der Waals surface area contributed by atoms with E-state index < -0.39 is 0 Å². The summed E-state index contributed by atoms with van der Waals surface area (Å²) in [5.74, 6) is 3.18. The van der Waals surface area contributed by atoms with Crippen molar-refractivity contribution in [3.63, 3.8) is 0 Å². The van der Waals surface area contributed by atoms with Crippen molar-refractivity contribution in [3.05, 3.63) is 0 Å². The second kappa shape index (κ2) is 3.14. The Kier molecular flexibility index (Phi) is 2.17. The van der Waals surface area contributed by atoms with Crippen LogP contribution in [0.3, 0.4) is 0 Å². The van der Waals surface area contributed by atoms with E-state index in [0.717, 1.165) is 17.8 Å². The molecule has 0 aromatic heterocycles. The third-order valence-corrected chi connectivity index (χ3v) is 3.61. The van der Waals surface area contributed by atoms with Gasteiger partial charge in [-0.2, -0.15) is 0 Å². The van der Waals surface area contributed by atoms with E-state index in [1.165, 1.54) is 38.8 Å². The van der Waals surface area contributed by atoms with Gasteiger partial charge in [-0.3, -0.25) is 0 Å². The Labute approximate surface area is 69.6 Å². The first-order valence-corrected chi connectivity index (χ1v) is 5.11. The molecule has 11 heavy (non-hydrogen) atoms. The van der Waals surface area contributed by atoms with Crippen LogP contribution >= 0.6 is 0 Å². The molecule has 2 aliphatic rings. The molecule has 1 aliphatic carbocycles. The van der Waals surface area contributed by atoms with Crippen molar-refractivity contribution in [2.24, 2.45) is 17.8 Å². The molecule has 3 unspecified atom stereocenters. The van der Waals surface area contributed by atoms with E-state index in [-0.39, 0.29) is 0 Å². The Bertz CT molecular complexity index is 119. The molecule has 0 radical (unpaired) electrons. The maximum atomic E-state index is 3.50. The molecule has 1 nitrogen and oxygen atoms in total. The van der Waals surface area contributed by atoms with Crippen LogP contribution in [0.5, 0.6) is 0 Å². The normalized spacial score (nSPS) is 43.9. The summed E-state index contributed by atoms with van der Waals surface area (Å²) in [6, 6.07) is 0. The van der Waals surface area contributed by atoms with Gasteiger partial charge in [-0.05, 0) is 50.1 Å². The zero-order valence-corrected chi connectivity index (χ0v) is 7.47. The van der Waals surface area contributed by atoms with Gasteiger partial charge >= 0.3 is 0 Å². The van der Waals surface area contributed by atoms with Crippen LogP contribution in [-0.2, 0) is 0 Å². The summed E-state index contributed by atoms with van der Waals surface area (Å²) in [5.41, 5.74) is 0. The van der Waals surface area contributed by atoms with Crippen molar-refractivity contribution in [2.45, 2.75) is 32.6 Å². The zero-order valence-electron chi connectivity index (χ0n) is 7.47. The summed E-state index contributed by atoms with van der Waals surface area (Å²) in [6.07, 6.45) is 5.89. The summed E-state index contributed by atoms with van der Waals surface area (Å²) in [6.45, 7) is 4.92. The molecule has 1 N–H and O–H groups in total. The molecule has 1 saturated carbocycles. The van der Waals surface area contributed by atoms with Crippen LogP contribution in [0.2, 0.25) is 0 Å². The second-order valence-electron chi connectivity index (χ2n) is 4.26. The van der Waals surface area contributed by atoms with Gasteiger partial charge in [0.15, 0.2) is 0 Å². The van der Waals surface area contributed by atoms with Gasteiger partial charge in [-0.25, -0.2) is 0 Å². The summed E-state index contributed by atoms with van der Waals surface area (Å²) >= 11 is 0. The largest absolute Gasteiger partial charge is 0.316 e. The number of hydrogen-bond acceptors (Lipinski definition) is 1. The van der Waals surface area contributed by atoms with Gasteiger partial charge in [-0.1, -0.05) is 13.3 Å². The molecule has 0 aromatic rings. The highest BCUT2D eigenvalue weighted by molar-refractivity contribution is 4.87. The van der Waals surface area contributed by atoms with Crippen molar-refractivity contribution < 1.29 is 0 Å². The lowest BCUT2D eigenvalue weighted by atomic mass is 9.90. The van der Waals surface area contributed by atoms with Crippen LogP contribution in [0, 0.1) is 17.8 Å². The Morgan fingerprint density at radius 2 is 2.09 bits per heavy atom. The number of piperidine rings is 1. The predicted molar refractivity (Wildman–Crippen MR) is 47.5 cm³/mol. The van der Waals surface area contributed by atoms with Gasteiger partial charge < -0.3 is 5.32 Å². The Morgan fingerprint density at radius 1 is 1.27 bits per heavy atom. The average molecular weight is 153 g/mol. The first-order chi connectivity index (χ1) is 5.40. The van der Waals surface area contributed by atoms with Crippen LogP contribution in [0.1, 0.15) is 32.6 Å². The molecule has 2 rings (SSSR count). The summed E-state index contributed by atoms with van der Waals surface area (Å²) in [4.78, 5) is 0. The van der Waals surface area contributed by atoms with Crippen molar-refractivity contribution in [1.82, 2.24) is 5.32 Å².